The zero-order valence-electron chi connectivity index (χ0n) is 10.5. The molecule has 0 bridgehead atoms. The summed E-state index contributed by atoms with van der Waals surface area (Å²) in [4.78, 5) is 0. The standard InChI is InChI=1S/C13H21ClN.ClH/c1-11(2)15(3,4)10-13-7-5-12(9-14)6-8-13;/h5-8,11H,9-10H2,1-4H3;1H/q+1;/p-1. The zero-order valence-corrected chi connectivity index (χ0v) is 12.0. The van der Waals surface area contributed by atoms with E-state index in [0.717, 1.165) is 11.0 Å². The van der Waals surface area contributed by atoms with Crippen LogP contribution in [0, 0.1) is 0 Å². The van der Waals surface area contributed by atoms with Crippen LogP contribution in [0.25, 0.3) is 0 Å². The van der Waals surface area contributed by atoms with Crippen molar-refractivity contribution in [3.8, 4) is 0 Å². The summed E-state index contributed by atoms with van der Waals surface area (Å²) in [7, 11) is 4.53. The van der Waals surface area contributed by atoms with Gasteiger partial charge in [0.15, 0.2) is 0 Å². The van der Waals surface area contributed by atoms with Crippen LogP contribution in [0.1, 0.15) is 25.0 Å². The molecule has 1 nitrogen and oxygen atoms in total. The Hall–Kier alpha value is -0.240. The van der Waals surface area contributed by atoms with Crippen molar-refractivity contribution in [2.75, 3.05) is 14.1 Å². The Morgan fingerprint density at radius 2 is 1.50 bits per heavy atom. The molecule has 0 atom stereocenters. The lowest BCUT2D eigenvalue weighted by Gasteiger charge is -2.34. The van der Waals surface area contributed by atoms with Crippen LogP contribution in [0.4, 0.5) is 0 Å². The highest BCUT2D eigenvalue weighted by atomic mass is 35.5. The van der Waals surface area contributed by atoms with Gasteiger partial charge in [0, 0.05) is 11.4 Å². The molecule has 0 radical (unpaired) electrons. The lowest BCUT2D eigenvalue weighted by atomic mass is 10.1. The van der Waals surface area contributed by atoms with Gasteiger partial charge in [-0.15, -0.1) is 11.6 Å². The topological polar surface area (TPSA) is 0 Å². The number of hydrogen-bond donors (Lipinski definition) is 0. The Bertz CT molecular complexity index is 304. The van der Waals surface area contributed by atoms with E-state index in [4.69, 9.17) is 11.6 Å². The van der Waals surface area contributed by atoms with E-state index >= 15 is 0 Å². The van der Waals surface area contributed by atoms with E-state index in [1.165, 1.54) is 11.1 Å². The first kappa shape index (κ1) is 15.8. The minimum Gasteiger partial charge on any atom is -1.00 e. The third-order valence-corrected chi connectivity index (χ3v) is 3.47. The van der Waals surface area contributed by atoms with Gasteiger partial charge in [0.2, 0.25) is 0 Å². The van der Waals surface area contributed by atoms with Gasteiger partial charge in [-0.05, 0) is 19.4 Å². The molecule has 0 aliphatic carbocycles. The Morgan fingerprint density at radius 3 is 1.88 bits per heavy atom. The molecule has 0 N–H and O–H groups in total. The van der Waals surface area contributed by atoms with E-state index in [-0.39, 0.29) is 12.4 Å². The lowest BCUT2D eigenvalue weighted by molar-refractivity contribution is -0.924. The Kier molecular flexibility index (Phi) is 6.39. The molecule has 0 spiro atoms. The average Bonchev–Trinajstić information content (AvgIpc) is 2.18. The molecule has 1 aromatic carbocycles. The van der Waals surface area contributed by atoms with Crippen molar-refractivity contribution < 1.29 is 16.9 Å². The van der Waals surface area contributed by atoms with Gasteiger partial charge in [-0.3, -0.25) is 0 Å². The van der Waals surface area contributed by atoms with Gasteiger partial charge in [-0.1, -0.05) is 24.3 Å². The fourth-order valence-electron chi connectivity index (χ4n) is 1.39. The van der Waals surface area contributed by atoms with E-state index in [1.807, 2.05) is 0 Å². The van der Waals surface area contributed by atoms with E-state index in [2.05, 4.69) is 52.2 Å². The minimum absolute atomic E-state index is 0. The molecular formula is C13H21Cl2N. The molecule has 0 fully saturated rings. The second kappa shape index (κ2) is 6.48. The summed E-state index contributed by atoms with van der Waals surface area (Å²) in [6.45, 7) is 5.58. The van der Waals surface area contributed by atoms with E-state index < -0.39 is 0 Å². The molecule has 0 aromatic heterocycles. The Morgan fingerprint density at radius 1 is 1.06 bits per heavy atom. The molecule has 0 aliphatic rings. The quantitative estimate of drug-likeness (QED) is 0.545. The molecule has 0 aliphatic heterocycles. The van der Waals surface area contributed by atoms with Crippen LogP contribution < -0.4 is 12.4 Å². The molecule has 1 aromatic rings. The Balaban J connectivity index is 0.00000225. The maximum Gasteiger partial charge on any atom is 0.104 e. The van der Waals surface area contributed by atoms with Crippen LogP contribution >= 0.6 is 11.6 Å². The van der Waals surface area contributed by atoms with Gasteiger partial charge in [-0.2, -0.15) is 0 Å². The monoisotopic (exact) mass is 261 g/mol. The predicted octanol–water partition coefficient (Wildman–Crippen LogP) is 0.414. The van der Waals surface area contributed by atoms with Crippen LogP contribution in [-0.4, -0.2) is 24.6 Å². The number of alkyl halides is 1. The summed E-state index contributed by atoms with van der Waals surface area (Å²) < 4.78 is 1.01. The lowest BCUT2D eigenvalue weighted by Crippen LogP contribution is -3.00. The third kappa shape index (κ3) is 4.32. The van der Waals surface area contributed by atoms with Crippen molar-refractivity contribution in [1.29, 1.82) is 0 Å². The third-order valence-electron chi connectivity index (χ3n) is 3.17. The fourth-order valence-corrected chi connectivity index (χ4v) is 1.57. The van der Waals surface area contributed by atoms with Crippen LogP contribution in [0.15, 0.2) is 24.3 Å². The number of benzene rings is 1. The van der Waals surface area contributed by atoms with E-state index in [0.29, 0.717) is 11.9 Å². The second-order valence-corrected chi connectivity index (χ2v) is 5.25. The van der Waals surface area contributed by atoms with Gasteiger partial charge in [0.1, 0.15) is 6.54 Å². The smallest absolute Gasteiger partial charge is 0.104 e. The highest BCUT2D eigenvalue weighted by Gasteiger charge is 2.19. The number of halogens is 2. The van der Waals surface area contributed by atoms with Crippen molar-refractivity contribution >= 4 is 11.6 Å². The number of quaternary nitrogens is 1. The predicted molar refractivity (Wildman–Crippen MR) is 66.9 cm³/mol. The maximum absolute atomic E-state index is 5.76. The molecule has 1 rings (SSSR count). The highest BCUT2D eigenvalue weighted by Crippen LogP contribution is 2.14. The molecule has 3 heteroatoms. The van der Waals surface area contributed by atoms with Gasteiger partial charge in [0.05, 0.1) is 20.1 Å². The molecule has 0 saturated carbocycles. The Labute approximate surface area is 110 Å². The molecule has 92 valence electrons. The van der Waals surface area contributed by atoms with Crippen molar-refractivity contribution in [1.82, 2.24) is 0 Å². The summed E-state index contributed by atoms with van der Waals surface area (Å²) in [5, 5.41) is 0. The van der Waals surface area contributed by atoms with Gasteiger partial charge in [0.25, 0.3) is 0 Å². The second-order valence-electron chi connectivity index (χ2n) is 4.98. The number of rotatable bonds is 4. The van der Waals surface area contributed by atoms with Crippen LogP contribution in [0.2, 0.25) is 0 Å². The van der Waals surface area contributed by atoms with Crippen molar-refractivity contribution in [3.05, 3.63) is 35.4 Å². The molecule has 0 unspecified atom stereocenters. The van der Waals surface area contributed by atoms with Gasteiger partial charge < -0.3 is 16.9 Å². The molecular weight excluding hydrogens is 241 g/mol. The molecule has 0 amide bonds. The normalized spacial score (nSPS) is 11.4. The van der Waals surface area contributed by atoms with Crippen LogP contribution in [0.5, 0.6) is 0 Å². The first-order valence-electron chi connectivity index (χ1n) is 5.42. The van der Waals surface area contributed by atoms with Gasteiger partial charge in [-0.25, -0.2) is 0 Å². The molecule has 0 saturated heterocycles. The van der Waals surface area contributed by atoms with Crippen molar-refractivity contribution in [3.63, 3.8) is 0 Å². The largest absolute Gasteiger partial charge is 1.00 e. The molecule has 0 heterocycles. The summed E-state index contributed by atoms with van der Waals surface area (Å²) in [5.74, 6) is 0.600. The van der Waals surface area contributed by atoms with Gasteiger partial charge >= 0.3 is 0 Å². The minimum atomic E-state index is 0. The SMILES string of the molecule is CC(C)[N+](C)(C)Cc1ccc(CCl)cc1.[Cl-]. The molecule has 16 heavy (non-hydrogen) atoms. The average molecular weight is 262 g/mol. The van der Waals surface area contributed by atoms with Crippen LogP contribution in [0.3, 0.4) is 0 Å². The van der Waals surface area contributed by atoms with Crippen LogP contribution in [-0.2, 0) is 12.4 Å². The first-order valence-corrected chi connectivity index (χ1v) is 5.95. The van der Waals surface area contributed by atoms with E-state index in [1.54, 1.807) is 0 Å². The fraction of sp³-hybridized carbons (Fsp3) is 0.538. The summed E-state index contributed by atoms with van der Waals surface area (Å²) >= 11 is 5.76. The number of hydrogen-bond acceptors (Lipinski definition) is 0. The first-order chi connectivity index (χ1) is 6.95. The number of nitrogens with zero attached hydrogens (tertiary/aromatic N) is 1. The summed E-state index contributed by atoms with van der Waals surface area (Å²) in [6.07, 6.45) is 0. The van der Waals surface area contributed by atoms with Crippen molar-refractivity contribution in [2.45, 2.75) is 32.3 Å². The van der Waals surface area contributed by atoms with Crippen molar-refractivity contribution in [2.24, 2.45) is 0 Å². The van der Waals surface area contributed by atoms with E-state index in [9.17, 15) is 0 Å². The summed E-state index contributed by atoms with van der Waals surface area (Å²) in [6, 6.07) is 9.23. The highest BCUT2D eigenvalue weighted by molar-refractivity contribution is 6.17. The zero-order chi connectivity index (χ0) is 11.5. The summed E-state index contributed by atoms with van der Waals surface area (Å²) in [5.41, 5.74) is 2.57. The maximum atomic E-state index is 5.76.